The van der Waals surface area contributed by atoms with Crippen LogP contribution in [0.2, 0.25) is 0 Å². The van der Waals surface area contributed by atoms with Crippen molar-refractivity contribution in [1.29, 1.82) is 0 Å². The van der Waals surface area contributed by atoms with E-state index in [0.717, 1.165) is 56.9 Å². The van der Waals surface area contributed by atoms with Gasteiger partial charge in [0.1, 0.15) is 5.82 Å². The molecule has 0 fully saturated rings. The van der Waals surface area contributed by atoms with E-state index in [9.17, 15) is 0 Å². The zero-order valence-corrected chi connectivity index (χ0v) is 34.5. The summed E-state index contributed by atoms with van der Waals surface area (Å²) >= 11 is 0. The van der Waals surface area contributed by atoms with E-state index in [-0.39, 0.29) is 26.5 Å². The number of nitrogens with zero attached hydrogens (tertiary/aromatic N) is 4. The van der Waals surface area contributed by atoms with Crippen LogP contribution in [0.3, 0.4) is 0 Å². The van der Waals surface area contributed by atoms with Crippen LogP contribution in [0.15, 0.2) is 97.2 Å². The van der Waals surface area contributed by atoms with Gasteiger partial charge in [-0.2, -0.15) is 17.2 Å². The van der Waals surface area contributed by atoms with Gasteiger partial charge < -0.3 is 9.30 Å². The summed E-state index contributed by atoms with van der Waals surface area (Å²) < 4.78 is 10.7. The summed E-state index contributed by atoms with van der Waals surface area (Å²) in [6.45, 7) is 18.1. The minimum atomic E-state index is 0. The van der Waals surface area contributed by atoms with Gasteiger partial charge >= 0.3 is 21.1 Å². The number of benzene rings is 4. The summed E-state index contributed by atoms with van der Waals surface area (Å²) in [5.74, 6) is 3.05. The smallest absolute Gasteiger partial charge is 0.509 e. The fraction of sp³-hybridized carbons (Fsp3) is 0.319. The van der Waals surface area contributed by atoms with E-state index in [1.165, 1.54) is 35.8 Å². The third-order valence-electron chi connectivity index (χ3n) is 11.0. The van der Waals surface area contributed by atoms with Crippen molar-refractivity contribution < 1.29 is 25.8 Å². The number of rotatable bonds is 11. The molecule has 0 aliphatic rings. The average molecular weight is 882 g/mol. The van der Waals surface area contributed by atoms with Crippen molar-refractivity contribution in [3.63, 3.8) is 0 Å². The Morgan fingerprint density at radius 1 is 0.811 bits per heavy atom. The van der Waals surface area contributed by atoms with Crippen LogP contribution in [0.4, 0.5) is 0 Å². The van der Waals surface area contributed by atoms with E-state index in [1.807, 2.05) is 41.2 Å². The number of pyridine rings is 1. The Hall–Kier alpha value is -4.47. The first-order valence-electron chi connectivity index (χ1n) is 18.8. The third-order valence-corrected chi connectivity index (χ3v) is 11.0. The van der Waals surface area contributed by atoms with Crippen molar-refractivity contribution in [2.75, 3.05) is 0 Å². The molecule has 274 valence electrons. The Balaban J connectivity index is 0.00000481. The fourth-order valence-corrected chi connectivity index (χ4v) is 7.52. The van der Waals surface area contributed by atoms with Crippen LogP contribution in [0.5, 0.6) is 11.5 Å². The van der Waals surface area contributed by atoms with E-state index in [2.05, 4.69) is 133 Å². The van der Waals surface area contributed by atoms with Crippen LogP contribution >= 0.6 is 0 Å². The molecule has 53 heavy (non-hydrogen) atoms. The molecule has 0 saturated heterocycles. The SMILES string of the molecule is CCCCCc1ccnc(-n2c3[c-]c(Oc4[c-]c(-n5nc(C)c(-c6ccccc6)c5C)ccc4)ccc3c3cc(C(C)C(C)C(C)(C)C)ccc32)c1.[Pt+2]. The van der Waals surface area contributed by atoms with Gasteiger partial charge in [0.15, 0.2) is 0 Å². The topological polar surface area (TPSA) is 44.9 Å². The number of hydrogen-bond donors (Lipinski definition) is 0. The molecule has 0 saturated carbocycles. The number of aryl methyl sites for hydroxylation is 2. The summed E-state index contributed by atoms with van der Waals surface area (Å²) in [5, 5.41) is 7.23. The summed E-state index contributed by atoms with van der Waals surface area (Å²) in [6.07, 6.45) is 6.58. The van der Waals surface area contributed by atoms with Gasteiger partial charge in [-0.1, -0.05) is 102 Å². The number of fused-ring (bicyclic) bond motifs is 3. The van der Waals surface area contributed by atoms with E-state index in [4.69, 9.17) is 14.8 Å². The maximum absolute atomic E-state index is 6.53. The molecular formula is C47H50N4OPt. The van der Waals surface area contributed by atoms with Crippen LogP contribution in [-0.2, 0) is 27.5 Å². The van der Waals surface area contributed by atoms with Crippen LogP contribution in [-0.4, -0.2) is 19.3 Å². The number of aromatic nitrogens is 4. The van der Waals surface area contributed by atoms with Crippen molar-refractivity contribution >= 4 is 21.8 Å². The summed E-state index contributed by atoms with van der Waals surface area (Å²) in [4.78, 5) is 4.91. The molecule has 6 heteroatoms. The second-order valence-corrected chi connectivity index (χ2v) is 15.4. The second kappa shape index (κ2) is 15.9. The normalized spacial score (nSPS) is 12.9. The Morgan fingerprint density at radius 3 is 2.34 bits per heavy atom. The van der Waals surface area contributed by atoms with E-state index >= 15 is 0 Å². The second-order valence-electron chi connectivity index (χ2n) is 15.4. The van der Waals surface area contributed by atoms with Crippen molar-refractivity contribution in [3.05, 3.63) is 132 Å². The van der Waals surface area contributed by atoms with E-state index in [1.54, 1.807) is 0 Å². The van der Waals surface area contributed by atoms with Gasteiger partial charge in [-0.25, -0.2) is 4.98 Å². The van der Waals surface area contributed by atoms with Crippen LogP contribution in [0, 0.1) is 37.3 Å². The first-order chi connectivity index (χ1) is 25.0. The molecule has 0 bridgehead atoms. The van der Waals surface area contributed by atoms with Gasteiger partial charge in [0.05, 0.1) is 5.69 Å². The molecule has 0 amide bonds. The standard InChI is InChI=1S/C47H50N4O.Pt/c1-9-10-12-16-35-25-26-48-45(27-35)50-43-24-21-37(31(2)32(3)47(6,7)8)28-42(43)41-23-22-40(30-44(41)50)52-39-20-15-19-38(29-39)51-34(5)46(33(4)49-51)36-17-13-11-14-18-36;/h11,13-15,17-28,31-32H,9-10,12,16H2,1-8H3;/q-2;+2. The van der Waals surface area contributed by atoms with Crippen LogP contribution in [0.25, 0.3) is 44.4 Å². The predicted octanol–water partition coefficient (Wildman–Crippen LogP) is 12.6. The first kappa shape index (κ1) is 38.3. The van der Waals surface area contributed by atoms with Crippen LogP contribution < -0.4 is 4.74 Å². The van der Waals surface area contributed by atoms with Crippen molar-refractivity contribution in [1.82, 2.24) is 19.3 Å². The third kappa shape index (κ3) is 7.78. The monoisotopic (exact) mass is 881 g/mol. The van der Waals surface area contributed by atoms with Gasteiger partial charge in [-0.3, -0.25) is 4.68 Å². The Labute approximate surface area is 329 Å². The number of unbranched alkanes of at least 4 members (excludes halogenated alkanes) is 2. The molecule has 3 aromatic heterocycles. The van der Waals surface area contributed by atoms with Gasteiger partial charge in [0.25, 0.3) is 0 Å². The van der Waals surface area contributed by atoms with Crippen molar-refractivity contribution in [2.45, 2.75) is 87.0 Å². The maximum Gasteiger partial charge on any atom is 2.00 e. The minimum Gasteiger partial charge on any atom is -0.509 e. The molecule has 7 rings (SSSR count). The molecule has 2 unspecified atom stereocenters. The molecule has 2 atom stereocenters. The molecule has 0 radical (unpaired) electrons. The molecule has 0 aliphatic carbocycles. The predicted molar refractivity (Wildman–Crippen MR) is 215 cm³/mol. The first-order valence-corrected chi connectivity index (χ1v) is 18.8. The molecule has 0 spiro atoms. The van der Waals surface area contributed by atoms with Gasteiger partial charge in [0, 0.05) is 34.5 Å². The largest absolute Gasteiger partial charge is 2.00 e. The Morgan fingerprint density at radius 2 is 1.58 bits per heavy atom. The minimum absolute atomic E-state index is 0. The molecule has 3 heterocycles. The Bertz CT molecular complexity index is 2350. The zero-order valence-electron chi connectivity index (χ0n) is 32.2. The van der Waals surface area contributed by atoms with E-state index in [0.29, 0.717) is 23.3 Å². The summed E-state index contributed by atoms with van der Waals surface area (Å²) in [6, 6.07) is 39.0. The number of ether oxygens (including phenoxy) is 1. The van der Waals surface area contributed by atoms with Crippen molar-refractivity contribution in [3.8, 4) is 34.1 Å². The molecule has 5 nitrogen and oxygen atoms in total. The quantitative estimate of drug-likeness (QED) is 0.0960. The summed E-state index contributed by atoms with van der Waals surface area (Å²) in [5.41, 5.74) is 10.1. The van der Waals surface area contributed by atoms with Gasteiger partial charge in [-0.05, 0) is 89.9 Å². The molecule has 0 N–H and O–H groups in total. The van der Waals surface area contributed by atoms with E-state index < -0.39 is 0 Å². The van der Waals surface area contributed by atoms with Gasteiger partial charge in [0.2, 0.25) is 0 Å². The maximum atomic E-state index is 6.53. The zero-order chi connectivity index (χ0) is 36.6. The van der Waals surface area contributed by atoms with Crippen molar-refractivity contribution in [2.24, 2.45) is 11.3 Å². The Kier molecular flexibility index (Phi) is 11.5. The fourth-order valence-electron chi connectivity index (χ4n) is 7.52. The average Bonchev–Trinajstić information content (AvgIpc) is 3.63. The molecule has 4 aromatic carbocycles. The molecule has 7 aromatic rings. The van der Waals surface area contributed by atoms with Crippen LogP contribution in [0.1, 0.15) is 89.2 Å². The summed E-state index contributed by atoms with van der Waals surface area (Å²) in [7, 11) is 0. The molecular weight excluding hydrogens is 832 g/mol. The molecule has 0 aliphatic heterocycles. The van der Waals surface area contributed by atoms with Gasteiger partial charge in [-0.15, -0.1) is 35.7 Å². The number of hydrogen-bond acceptors (Lipinski definition) is 3.